The molecule has 0 radical (unpaired) electrons. The zero-order chi connectivity index (χ0) is 20.8. The van der Waals surface area contributed by atoms with Crippen molar-refractivity contribution in [3.63, 3.8) is 0 Å². The molecule has 1 aromatic heterocycles. The van der Waals surface area contributed by atoms with Gasteiger partial charge >= 0.3 is 0 Å². The van der Waals surface area contributed by atoms with Crippen molar-refractivity contribution < 1.29 is 9.59 Å². The Morgan fingerprint density at radius 1 is 1.03 bits per heavy atom. The SMILES string of the molecule is Cc1nn(Cc2ccccc2Cl)c(C)c1/C=C/C(=O)NNC(=O)c1ccccc1. The van der Waals surface area contributed by atoms with E-state index in [0.717, 1.165) is 22.5 Å². The highest BCUT2D eigenvalue weighted by molar-refractivity contribution is 6.31. The molecule has 2 aromatic carbocycles. The maximum atomic E-state index is 12.1. The number of rotatable bonds is 5. The van der Waals surface area contributed by atoms with E-state index in [2.05, 4.69) is 16.0 Å². The Kier molecular flexibility index (Phi) is 6.46. The van der Waals surface area contributed by atoms with E-state index >= 15 is 0 Å². The molecular weight excluding hydrogens is 388 g/mol. The Hall–Kier alpha value is -3.38. The first kappa shape index (κ1) is 20.4. The predicted molar refractivity (Wildman–Crippen MR) is 113 cm³/mol. The Morgan fingerprint density at radius 3 is 2.45 bits per heavy atom. The first-order chi connectivity index (χ1) is 14.0. The van der Waals surface area contributed by atoms with Crippen molar-refractivity contribution in [3.05, 3.63) is 93.8 Å². The molecule has 0 saturated carbocycles. The summed E-state index contributed by atoms with van der Waals surface area (Å²) in [6, 6.07) is 16.3. The number of nitrogens with one attached hydrogen (secondary N) is 2. The molecule has 3 aromatic rings. The van der Waals surface area contributed by atoms with Gasteiger partial charge in [-0.25, -0.2) is 0 Å². The highest BCUT2D eigenvalue weighted by Gasteiger charge is 2.11. The van der Waals surface area contributed by atoms with Gasteiger partial charge in [-0.2, -0.15) is 5.10 Å². The van der Waals surface area contributed by atoms with Gasteiger partial charge in [0.25, 0.3) is 11.8 Å². The Morgan fingerprint density at radius 2 is 1.72 bits per heavy atom. The van der Waals surface area contributed by atoms with Crippen molar-refractivity contribution >= 4 is 29.5 Å². The molecule has 0 saturated heterocycles. The van der Waals surface area contributed by atoms with Gasteiger partial charge in [0.15, 0.2) is 0 Å². The molecule has 148 valence electrons. The minimum absolute atomic E-state index is 0.382. The van der Waals surface area contributed by atoms with Gasteiger partial charge in [0, 0.05) is 27.9 Å². The highest BCUT2D eigenvalue weighted by atomic mass is 35.5. The number of benzene rings is 2. The Labute approximate surface area is 174 Å². The number of hydrazine groups is 1. The summed E-state index contributed by atoms with van der Waals surface area (Å²) in [5.41, 5.74) is 8.75. The van der Waals surface area contributed by atoms with Gasteiger partial charge in [-0.15, -0.1) is 0 Å². The Balaban J connectivity index is 1.64. The zero-order valence-corrected chi connectivity index (χ0v) is 16.9. The quantitative estimate of drug-likeness (QED) is 0.499. The van der Waals surface area contributed by atoms with Gasteiger partial charge in [0.05, 0.1) is 12.2 Å². The topological polar surface area (TPSA) is 76.0 Å². The summed E-state index contributed by atoms with van der Waals surface area (Å²) >= 11 is 6.24. The van der Waals surface area contributed by atoms with Gasteiger partial charge in [-0.1, -0.05) is 48.0 Å². The minimum atomic E-state index is -0.438. The van der Waals surface area contributed by atoms with Crippen molar-refractivity contribution in [1.29, 1.82) is 0 Å². The molecule has 0 aliphatic rings. The zero-order valence-electron chi connectivity index (χ0n) is 16.1. The average Bonchev–Trinajstić information content (AvgIpc) is 2.99. The predicted octanol–water partition coefficient (Wildman–Crippen LogP) is 3.68. The lowest BCUT2D eigenvalue weighted by atomic mass is 10.1. The van der Waals surface area contributed by atoms with E-state index in [1.165, 1.54) is 6.08 Å². The molecule has 0 bridgehead atoms. The number of halogens is 1. The minimum Gasteiger partial charge on any atom is -0.268 e. The van der Waals surface area contributed by atoms with Crippen molar-refractivity contribution in [1.82, 2.24) is 20.6 Å². The van der Waals surface area contributed by atoms with Gasteiger partial charge < -0.3 is 0 Å². The van der Waals surface area contributed by atoms with Crippen LogP contribution < -0.4 is 10.9 Å². The fourth-order valence-electron chi connectivity index (χ4n) is 2.87. The molecule has 7 heteroatoms. The monoisotopic (exact) mass is 408 g/mol. The van der Waals surface area contributed by atoms with E-state index in [-0.39, 0.29) is 5.91 Å². The lowest BCUT2D eigenvalue weighted by Gasteiger charge is -2.07. The van der Waals surface area contributed by atoms with E-state index in [1.807, 2.05) is 48.9 Å². The van der Waals surface area contributed by atoms with Crippen LogP contribution in [0.1, 0.15) is 32.9 Å². The summed E-state index contributed by atoms with van der Waals surface area (Å²) in [7, 11) is 0. The number of carbonyl (C=O) groups excluding carboxylic acids is 2. The van der Waals surface area contributed by atoms with E-state index in [0.29, 0.717) is 17.1 Å². The molecule has 0 aliphatic carbocycles. The van der Waals surface area contributed by atoms with Crippen LogP contribution in [0.15, 0.2) is 60.7 Å². The second-order valence-electron chi connectivity index (χ2n) is 6.48. The maximum absolute atomic E-state index is 12.1. The molecule has 0 fully saturated rings. The summed E-state index contributed by atoms with van der Waals surface area (Å²) < 4.78 is 1.85. The van der Waals surface area contributed by atoms with E-state index in [9.17, 15) is 9.59 Å². The average molecular weight is 409 g/mol. The van der Waals surface area contributed by atoms with Gasteiger partial charge in [0.2, 0.25) is 0 Å². The van der Waals surface area contributed by atoms with Gasteiger partial charge in [0.1, 0.15) is 0 Å². The first-order valence-corrected chi connectivity index (χ1v) is 9.44. The lowest BCUT2D eigenvalue weighted by molar-refractivity contribution is -0.117. The number of hydrogen-bond acceptors (Lipinski definition) is 3. The molecule has 0 aliphatic heterocycles. The van der Waals surface area contributed by atoms with Crippen molar-refractivity contribution in [2.24, 2.45) is 0 Å². The molecule has 0 unspecified atom stereocenters. The van der Waals surface area contributed by atoms with Crippen LogP contribution in [0.2, 0.25) is 5.02 Å². The fourth-order valence-corrected chi connectivity index (χ4v) is 3.07. The molecular formula is C22H21ClN4O2. The molecule has 29 heavy (non-hydrogen) atoms. The maximum Gasteiger partial charge on any atom is 0.269 e. The van der Waals surface area contributed by atoms with Crippen LogP contribution in [0.5, 0.6) is 0 Å². The van der Waals surface area contributed by atoms with Crippen LogP contribution >= 0.6 is 11.6 Å². The van der Waals surface area contributed by atoms with Crippen LogP contribution in [0.25, 0.3) is 6.08 Å². The smallest absolute Gasteiger partial charge is 0.268 e. The van der Waals surface area contributed by atoms with Gasteiger partial charge in [-0.05, 0) is 43.7 Å². The van der Waals surface area contributed by atoms with Crippen molar-refractivity contribution in [2.75, 3.05) is 0 Å². The highest BCUT2D eigenvalue weighted by Crippen LogP contribution is 2.20. The van der Waals surface area contributed by atoms with Crippen LogP contribution in [0.3, 0.4) is 0 Å². The van der Waals surface area contributed by atoms with Crippen LogP contribution in [-0.2, 0) is 11.3 Å². The van der Waals surface area contributed by atoms with E-state index in [1.54, 1.807) is 30.3 Å². The number of aromatic nitrogens is 2. The third-order valence-corrected chi connectivity index (χ3v) is 4.82. The molecule has 3 rings (SSSR count). The van der Waals surface area contributed by atoms with Crippen LogP contribution in [0, 0.1) is 13.8 Å². The second-order valence-corrected chi connectivity index (χ2v) is 6.88. The molecule has 6 nitrogen and oxygen atoms in total. The summed E-state index contributed by atoms with van der Waals surface area (Å²) in [5.74, 6) is -0.820. The number of amides is 2. The summed E-state index contributed by atoms with van der Waals surface area (Å²) in [6.45, 7) is 4.36. The Bertz CT molecular complexity index is 1060. The molecule has 2 amide bonds. The number of nitrogens with zero attached hydrogens (tertiary/aromatic N) is 2. The summed E-state index contributed by atoms with van der Waals surface area (Å²) in [6.07, 6.45) is 3.05. The normalized spacial score (nSPS) is 10.9. The molecule has 0 atom stereocenters. The van der Waals surface area contributed by atoms with Crippen molar-refractivity contribution in [2.45, 2.75) is 20.4 Å². The summed E-state index contributed by atoms with van der Waals surface area (Å²) in [5, 5.41) is 5.23. The third kappa shape index (κ3) is 5.12. The van der Waals surface area contributed by atoms with Crippen molar-refractivity contribution in [3.8, 4) is 0 Å². The standard InChI is InChI=1S/C22H21ClN4O2/c1-15-19(16(2)27(26-15)14-18-10-6-7-11-20(18)23)12-13-21(28)24-25-22(29)17-8-4-3-5-9-17/h3-13H,14H2,1-2H3,(H,24,28)(H,25,29)/b13-12+. The van der Waals surface area contributed by atoms with E-state index < -0.39 is 5.91 Å². The lowest BCUT2D eigenvalue weighted by Crippen LogP contribution is -2.40. The third-order valence-electron chi connectivity index (χ3n) is 4.45. The fraction of sp³-hybridized carbons (Fsp3) is 0.136. The largest absolute Gasteiger partial charge is 0.269 e. The second kappa shape index (κ2) is 9.21. The number of aryl methyl sites for hydroxylation is 1. The molecule has 1 heterocycles. The van der Waals surface area contributed by atoms with Crippen LogP contribution in [0.4, 0.5) is 0 Å². The van der Waals surface area contributed by atoms with E-state index in [4.69, 9.17) is 11.6 Å². The molecule has 0 spiro atoms. The molecule has 2 N–H and O–H groups in total. The first-order valence-electron chi connectivity index (χ1n) is 9.06. The number of carbonyl (C=O) groups is 2. The summed E-state index contributed by atoms with van der Waals surface area (Å²) in [4.78, 5) is 24.0. The van der Waals surface area contributed by atoms with Gasteiger partial charge in [-0.3, -0.25) is 25.1 Å². The number of hydrogen-bond donors (Lipinski definition) is 2. The van der Waals surface area contributed by atoms with Crippen LogP contribution in [-0.4, -0.2) is 21.6 Å².